The lowest BCUT2D eigenvalue weighted by Gasteiger charge is -2.16. The maximum atomic E-state index is 13.5. The number of nitrogens with one attached hydrogen (secondary N) is 2. The van der Waals surface area contributed by atoms with Crippen molar-refractivity contribution in [2.75, 3.05) is 22.1 Å². The standard InChI is InChI=1S/C13H19FN2O3S/c1-4-20(18,19)8-9(2)15-11-5-6-12(14)13(7-11)16-10(3)17/h5-7,9,15H,4,8H2,1-3H3,(H,16,17). The molecule has 0 spiro atoms. The molecule has 1 rings (SSSR count). The van der Waals surface area contributed by atoms with Crippen molar-refractivity contribution in [3.05, 3.63) is 24.0 Å². The molecule has 7 heteroatoms. The van der Waals surface area contributed by atoms with Gasteiger partial charge >= 0.3 is 0 Å². The predicted molar refractivity (Wildman–Crippen MR) is 78.1 cm³/mol. The Balaban J connectivity index is 2.80. The molecule has 0 saturated heterocycles. The van der Waals surface area contributed by atoms with Gasteiger partial charge in [-0.2, -0.15) is 0 Å². The van der Waals surface area contributed by atoms with E-state index in [9.17, 15) is 17.6 Å². The number of hydrogen-bond donors (Lipinski definition) is 2. The van der Waals surface area contributed by atoms with Gasteiger partial charge in [0.25, 0.3) is 0 Å². The first-order valence-corrected chi connectivity index (χ1v) is 8.09. The Morgan fingerprint density at radius 2 is 2.05 bits per heavy atom. The number of sulfone groups is 1. The molecule has 0 radical (unpaired) electrons. The molecule has 0 heterocycles. The Morgan fingerprint density at radius 3 is 2.60 bits per heavy atom. The summed E-state index contributed by atoms with van der Waals surface area (Å²) in [4.78, 5) is 10.9. The monoisotopic (exact) mass is 302 g/mol. The Hall–Kier alpha value is -1.63. The average molecular weight is 302 g/mol. The van der Waals surface area contributed by atoms with E-state index in [0.717, 1.165) is 0 Å². The summed E-state index contributed by atoms with van der Waals surface area (Å²) in [7, 11) is -3.08. The molecule has 1 aromatic rings. The number of anilines is 2. The fraction of sp³-hybridized carbons (Fsp3) is 0.462. The van der Waals surface area contributed by atoms with E-state index in [-0.39, 0.29) is 29.1 Å². The van der Waals surface area contributed by atoms with Crippen molar-refractivity contribution < 1.29 is 17.6 Å². The highest BCUT2D eigenvalue weighted by atomic mass is 32.2. The highest BCUT2D eigenvalue weighted by molar-refractivity contribution is 7.91. The molecule has 5 nitrogen and oxygen atoms in total. The Kier molecular flexibility index (Phi) is 5.50. The van der Waals surface area contributed by atoms with Crippen LogP contribution in [0.2, 0.25) is 0 Å². The molecule has 0 aliphatic heterocycles. The second-order valence-corrected chi connectivity index (χ2v) is 7.02. The van der Waals surface area contributed by atoms with Gasteiger partial charge in [-0.15, -0.1) is 0 Å². The van der Waals surface area contributed by atoms with E-state index in [2.05, 4.69) is 10.6 Å². The SMILES string of the molecule is CCS(=O)(=O)CC(C)Nc1ccc(F)c(NC(C)=O)c1. The third-order valence-electron chi connectivity index (χ3n) is 2.63. The van der Waals surface area contributed by atoms with Crippen LogP contribution < -0.4 is 10.6 Å². The summed E-state index contributed by atoms with van der Waals surface area (Å²) in [5.41, 5.74) is 0.613. The first-order chi connectivity index (χ1) is 9.23. The Morgan fingerprint density at radius 1 is 1.40 bits per heavy atom. The number of rotatable bonds is 6. The number of amides is 1. The van der Waals surface area contributed by atoms with Gasteiger partial charge in [0.05, 0.1) is 11.4 Å². The zero-order chi connectivity index (χ0) is 15.3. The zero-order valence-corrected chi connectivity index (χ0v) is 12.6. The molecular formula is C13H19FN2O3S. The quantitative estimate of drug-likeness (QED) is 0.843. The molecule has 112 valence electrons. The van der Waals surface area contributed by atoms with Gasteiger partial charge in [0.2, 0.25) is 5.91 Å². The average Bonchev–Trinajstić information content (AvgIpc) is 2.32. The van der Waals surface area contributed by atoms with Gasteiger partial charge in [-0.05, 0) is 25.1 Å². The fourth-order valence-electron chi connectivity index (χ4n) is 1.73. The van der Waals surface area contributed by atoms with Crippen molar-refractivity contribution in [2.24, 2.45) is 0 Å². The summed E-state index contributed by atoms with van der Waals surface area (Å²) in [5, 5.41) is 5.35. The smallest absolute Gasteiger partial charge is 0.221 e. The summed E-state index contributed by atoms with van der Waals surface area (Å²) in [6.45, 7) is 4.61. The molecule has 1 atom stereocenters. The lowest BCUT2D eigenvalue weighted by Crippen LogP contribution is -2.26. The van der Waals surface area contributed by atoms with Gasteiger partial charge in [-0.1, -0.05) is 6.92 Å². The molecular weight excluding hydrogens is 283 g/mol. The van der Waals surface area contributed by atoms with E-state index in [1.165, 1.54) is 25.1 Å². The van der Waals surface area contributed by atoms with Crippen molar-refractivity contribution in [3.63, 3.8) is 0 Å². The zero-order valence-electron chi connectivity index (χ0n) is 11.7. The molecule has 0 aliphatic rings. The van der Waals surface area contributed by atoms with Crippen molar-refractivity contribution in [1.29, 1.82) is 0 Å². The van der Waals surface area contributed by atoms with E-state index >= 15 is 0 Å². The number of halogens is 1. The third-order valence-corrected chi connectivity index (χ3v) is 4.52. The summed E-state index contributed by atoms with van der Waals surface area (Å²) >= 11 is 0. The van der Waals surface area contributed by atoms with Gasteiger partial charge in [-0.3, -0.25) is 4.79 Å². The maximum absolute atomic E-state index is 13.5. The van der Waals surface area contributed by atoms with E-state index in [4.69, 9.17) is 0 Å². The summed E-state index contributed by atoms with van der Waals surface area (Å²) in [6, 6.07) is 3.84. The highest BCUT2D eigenvalue weighted by Gasteiger charge is 2.14. The minimum atomic E-state index is -3.08. The Labute approximate surface area is 118 Å². The van der Waals surface area contributed by atoms with Gasteiger partial charge in [0.15, 0.2) is 9.84 Å². The van der Waals surface area contributed by atoms with Crippen LogP contribution >= 0.6 is 0 Å². The summed E-state index contributed by atoms with van der Waals surface area (Å²) < 4.78 is 36.5. The molecule has 1 aromatic carbocycles. The normalized spacial score (nSPS) is 12.8. The van der Waals surface area contributed by atoms with E-state index in [1.807, 2.05) is 0 Å². The van der Waals surface area contributed by atoms with Crippen LogP contribution in [-0.2, 0) is 14.6 Å². The number of carbonyl (C=O) groups is 1. The van der Waals surface area contributed by atoms with Crippen LogP contribution in [0.5, 0.6) is 0 Å². The lowest BCUT2D eigenvalue weighted by molar-refractivity contribution is -0.114. The van der Waals surface area contributed by atoms with Crippen LogP contribution in [0.15, 0.2) is 18.2 Å². The highest BCUT2D eigenvalue weighted by Crippen LogP contribution is 2.20. The molecule has 0 aliphatic carbocycles. The van der Waals surface area contributed by atoms with E-state index in [0.29, 0.717) is 5.69 Å². The number of carbonyl (C=O) groups excluding carboxylic acids is 1. The molecule has 0 fully saturated rings. The molecule has 2 N–H and O–H groups in total. The second kappa shape index (κ2) is 6.69. The van der Waals surface area contributed by atoms with Crippen molar-refractivity contribution in [2.45, 2.75) is 26.8 Å². The molecule has 20 heavy (non-hydrogen) atoms. The number of hydrogen-bond acceptors (Lipinski definition) is 4. The van der Waals surface area contributed by atoms with Crippen LogP contribution in [0.1, 0.15) is 20.8 Å². The van der Waals surface area contributed by atoms with Crippen molar-refractivity contribution in [3.8, 4) is 0 Å². The molecule has 0 aromatic heterocycles. The van der Waals surface area contributed by atoms with Gasteiger partial charge < -0.3 is 10.6 Å². The van der Waals surface area contributed by atoms with Crippen molar-refractivity contribution in [1.82, 2.24) is 0 Å². The second-order valence-electron chi connectivity index (χ2n) is 4.62. The first-order valence-electron chi connectivity index (χ1n) is 6.27. The van der Waals surface area contributed by atoms with Crippen LogP contribution in [0.25, 0.3) is 0 Å². The number of benzene rings is 1. The van der Waals surface area contributed by atoms with E-state index < -0.39 is 15.7 Å². The molecule has 1 unspecified atom stereocenters. The largest absolute Gasteiger partial charge is 0.382 e. The van der Waals surface area contributed by atoms with Gasteiger partial charge in [-0.25, -0.2) is 12.8 Å². The molecule has 0 saturated carbocycles. The predicted octanol–water partition coefficient (Wildman–Crippen LogP) is 2.02. The van der Waals surface area contributed by atoms with E-state index in [1.54, 1.807) is 13.8 Å². The third kappa shape index (κ3) is 5.16. The minimum absolute atomic E-state index is 0.00362. The Bertz CT molecular complexity index is 587. The minimum Gasteiger partial charge on any atom is -0.382 e. The van der Waals surface area contributed by atoms with Crippen LogP contribution in [0.3, 0.4) is 0 Å². The van der Waals surface area contributed by atoms with Crippen LogP contribution in [0.4, 0.5) is 15.8 Å². The summed E-state index contributed by atoms with van der Waals surface area (Å²) in [5.74, 6) is -0.835. The van der Waals surface area contributed by atoms with Crippen LogP contribution in [-0.4, -0.2) is 31.9 Å². The fourth-order valence-corrected chi connectivity index (χ4v) is 2.81. The topological polar surface area (TPSA) is 75.3 Å². The lowest BCUT2D eigenvalue weighted by atomic mass is 10.2. The molecule has 1 amide bonds. The van der Waals surface area contributed by atoms with Gasteiger partial charge in [0, 0.05) is 24.4 Å². The summed E-state index contributed by atoms with van der Waals surface area (Å²) in [6.07, 6.45) is 0. The molecule has 0 bridgehead atoms. The maximum Gasteiger partial charge on any atom is 0.221 e. The van der Waals surface area contributed by atoms with Crippen LogP contribution in [0, 0.1) is 5.82 Å². The van der Waals surface area contributed by atoms with Crippen molar-refractivity contribution >= 4 is 27.1 Å². The van der Waals surface area contributed by atoms with Gasteiger partial charge in [0.1, 0.15) is 5.82 Å². The first kappa shape index (κ1) is 16.4.